The number of nitrogens with one attached hydrogen (secondary N) is 2. The highest BCUT2D eigenvalue weighted by Gasteiger charge is 2.27. The van der Waals surface area contributed by atoms with Crippen LogP contribution in [0, 0.1) is 11.3 Å². The largest absolute Gasteiger partial charge is 0.353 e. The normalized spacial score (nSPS) is 30.9. The Morgan fingerprint density at radius 1 is 1.14 bits per heavy atom. The van der Waals surface area contributed by atoms with E-state index in [0.717, 1.165) is 18.9 Å². The van der Waals surface area contributed by atoms with Gasteiger partial charge in [0.25, 0.3) is 0 Å². The van der Waals surface area contributed by atoms with Crippen LogP contribution in [0.5, 0.6) is 0 Å². The van der Waals surface area contributed by atoms with Gasteiger partial charge in [0, 0.05) is 18.5 Å². The fraction of sp³-hybridized carbons (Fsp3) is 0.944. The summed E-state index contributed by atoms with van der Waals surface area (Å²) in [7, 11) is 0. The van der Waals surface area contributed by atoms with E-state index in [0.29, 0.717) is 23.9 Å². The highest BCUT2D eigenvalue weighted by Crippen LogP contribution is 2.34. The summed E-state index contributed by atoms with van der Waals surface area (Å²) in [6.45, 7) is 8.05. The lowest BCUT2D eigenvalue weighted by atomic mass is 9.76. The summed E-state index contributed by atoms with van der Waals surface area (Å²) < 4.78 is 0. The molecule has 1 saturated carbocycles. The van der Waals surface area contributed by atoms with Crippen molar-refractivity contribution in [1.29, 1.82) is 0 Å². The lowest BCUT2D eigenvalue weighted by Gasteiger charge is -2.34. The number of hydrogen-bond acceptors (Lipinski definition) is 2. The van der Waals surface area contributed by atoms with Gasteiger partial charge in [-0.05, 0) is 50.0 Å². The highest BCUT2D eigenvalue weighted by atomic mass is 16.1. The topological polar surface area (TPSA) is 41.1 Å². The molecular formula is C18H34N2O. The zero-order valence-electron chi connectivity index (χ0n) is 14.2. The molecule has 2 rings (SSSR count). The maximum absolute atomic E-state index is 12.2. The van der Waals surface area contributed by atoms with Crippen LogP contribution in [0.3, 0.4) is 0 Å². The van der Waals surface area contributed by atoms with Crippen LogP contribution in [0.25, 0.3) is 0 Å². The molecule has 1 amide bonds. The molecule has 21 heavy (non-hydrogen) atoms. The molecule has 2 aliphatic rings. The number of hydrogen-bond donors (Lipinski definition) is 2. The number of carbonyl (C=O) groups excluding carboxylic acids is 1. The Balaban J connectivity index is 1.72. The van der Waals surface area contributed by atoms with Gasteiger partial charge in [0.2, 0.25) is 5.91 Å². The van der Waals surface area contributed by atoms with Crippen LogP contribution in [-0.2, 0) is 4.79 Å². The molecule has 1 aliphatic heterocycles. The average Bonchev–Trinajstić information content (AvgIpc) is 2.38. The number of amides is 1. The van der Waals surface area contributed by atoms with E-state index >= 15 is 0 Å². The summed E-state index contributed by atoms with van der Waals surface area (Å²) in [4.78, 5) is 12.2. The van der Waals surface area contributed by atoms with Crippen LogP contribution in [0.4, 0.5) is 0 Å². The summed E-state index contributed by atoms with van der Waals surface area (Å²) >= 11 is 0. The monoisotopic (exact) mass is 294 g/mol. The lowest BCUT2D eigenvalue weighted by molar-refractivity contribution is -0.122. The molecular weight excluding hydrogens is 260 g/mol. The van der Waals surface area contributed by atoms with Gasteiger partial charge < -0.3 is 10.6 Å². The number of carbonyl (C=O) groups is 1. The molecule has 2 fully saturated rings. The Morgan fingerprint density at radius 2 is 1.95 bits per heavy atom. The molecule has 122 valence electrons. The van der Waals surface area contributed by atoms with Crippen molar-refractivity contribution in [3.8, 4) is 0 Å². The van der Waals surface area contributed by atoms with E-state index in [1.54, 1.807) is 0 Å². The van der Waals surface area contributed by atoms with Crippen molar-refractivity contribution in [2.24, 2.45) is 11.3 Å². The minimum atomic E-state index is 0.260. The third kappa shape index (κ3) is 6.37. The van der Waals surface area contributed by atoms with Gasteiger partial charge >= 0.3 is 0 Å². The second-order valence-electron chi connectivity index (χ2n) is 8.41. The first-order valence-electron chi connectivity index (χ1n) is 8.95. The first kappa shape index (κ1) is 16.8. The van der Waals surface area contributed by atoms with Gasteiger partial charge in [-0.2, -0.15) is 0 Å². The first-order valence-corrected chi connectivity index (χ1v) is 8.95. The maximum Gasteiger partial charge on any atom is 0.221 e. The number of piperidine rings is 1. The van der Waals surface area contributed by atoms with E-state index in [2.05, 4.69) is 31.4 Å². The van der Waals surface area contributed by atoms with Crippen LogP contribution in [0.2, 0.25) is 0 Å². The molecule has 0 spiro atoms. The summed E-state index contributed by atoms with van der Waals surface area (Å²) in [6, 6.07) is 0.829. The molecule has 1 aliphatic carbocycles. The zero-order valence-corrected chi connectivity index (χ0v) is 14.2. The Hall–Kier alpha value is -0.570. The van der Waals surface area contributed by atoms with Gasteiger partial charge in [-0.25, -0.2) is 0 Å². The van der Waals surface area contributed by atoms with Gasteiger partial charge in [-0.15, -0.1) is 0 Å². The highest BCUT2D eigenvalue weighted by molar-refractivity contribution is 5.76. The minimum Gasteiger partial charge on any atom is -0.353 e. The Kier molecular flexibility index (Phi) is 6.09. The summed E-state index contributed by atoms with van der Waals surface area (Å²) in [5, 5.41) is 6.77. The van der Waals surface area contributed by atoms with Crippen molar-refractivity contribution in [3.05, 3.63) is 0 Å². The predicted octanol–water partition coefficient (Wildman–Crippen LogP) is 3.63. The van der Waals surface area contributed by atoms with E-state index in [1.807, 2.05) is 0 Å². The molecule has 0 aromatic carbocycles. The van der Waals surface area contributed by atoms with Gasteiger partial charge in [0.05, 0.1) is 0 Å². The molecule has 3 heteroatoms. The zero-order chi connectivity index (χ0) is 15.3. The van der Waals surface area contributed by atoms with E-state index < -0.39 is 0 Å². The van der Waals surface area contributed by atoms with Gasteiger partial charge in [0.15, 0.2) is 0 Å². The van der Waals surface area contributed by atoms with Crippen LogP contribution >= 0.6 is 0 Å². The molecule has 0 radical (unpaired) electrons. The van der Waals surface area contributed by atoms with Crippen molar-refractivity contribution < 1.29 is 4.79 Å². The van der Waals surface area contributed by atoms with Gasteiger partial charge in [-0.3, -0.25) is 4.79 Å². The van der Waals surface area contributed by atoms with Crippen molar-refractivity contribution in [3.63, 3.8) is 0 Å². The van der Waals surface area contributed by atoms with Crippen LogP contribution in [0.1, 0.15) is 78.6 Å². The first-order chi connectivity index (χ1) is 9.92. The van der Waals surface area contributed by atoms with Crippen molar-refractivity contribution in [2.45, 2.75) is 90.6 Å². The Bertz CT molecular complexity index is 329. The van der Waals surface area contributed by atoms with Crippen LogP contribution in [-0.4, -0.2) is 24.5 Å². The van der Waals surface area contributed by atoms with Crippen molar-refractivity contribution >= 4 is 5.91 Å². The van der Waals surface area contributed by atoms with Gasteiger partial charge in [-0.1, -0.05) is 40.0 Å². The van der Waals surface area contributed by atoms with Gasteiger partial charge in [0.1, 0.15) is 0 Å². The average molecular weight is 294 g/mol. The third-order valence-electron chi connectivity index (χ3n) is 4.89. The fourth-order valence-electron chi connectivity index (χ4n) is 4.08. The van der Waals surface area contributed by atoms with Crippen molar-refractivity contribution in [2.75, 3.05) is 6.54 Å². The minimum absolute atomic E-state index is 0.260. The second kappa shape index (κ2) is 7.62. The molecule has 1 saturated heterocycles. The van der Waals surface area contributed by atoms with Crippen molar-refractivity contribution in [1.82, 2.24) is 10.6 Å². The number of rotatable bonds is 4. The predicted molar refractivity (Wildman–Crippen MR) is 88.2 cm³/mol. The van der Waals surface area contributed by atoms with E-state index in [4.69, 9.17) is 0 Å². The second-order valence-corrected chi connectivity index (χ2v) is 8.41. The van der Waals surface area contributed by atoms with Crippen LogP contribution < -0.4 is 10.6 Å². The molecule has 3 atom stereocenters. The summed E-state index contributed by atoms with van der Waals surface area (Å²) in [5.74, 6) is 1.05. The lowest BCUT2D eigenvalue weighted by Crippen LogP contribution is -2.43. The van der Waals surface area contributed by atoms with E-state index in [-0.39, 0.29) is 5.91 Å². The molecule has 2 N–H and O–H groups in total. The van der Waals surface area contributed by atoms with E-state index in [1.165, 1.54) is 44.9 Å². The summed E-state index contributed by atoms with van der Waals surface area (Å²) in [5.41, 5.74) is 0.405. The molecule has 0 aromatic heterocycles. The SMILES string of the molecule is CC(C)(C)CC1CCCC(NC(=O)CC2CCCCN2)C1. The third-order valence-corrected chi connectivity index (χ3v) is 4.89. The molecule has 1 heterocycles. The van der Waals surface area contributed by atoms with Crippen LogP contribution in [0.15, 0.2) is 0 Å². The molecule has 3 nitrogen and oxygen atoms in total. The van der Waals surface area contributed by atoms with E-state index in [9.17, 15) is 4.79 Å². The quantitative estimate of drug-likeness (QED) is 0.831. The summed E-state index contributed by atoms with van der Waals surface area (Å²) in [6.07, 6.45) is 10.6. The Morgan fingerprint density at radius 3 is 2.62 bits per heavy atom. The molecule has 0 aromatic rings. The smallest absolute Gasteiger partial charge is 0.221 e. The maximum atomic E-state index is 12.2. The standard InChI is InChI=1S/C18H34N2O/c1-18(2,3)13-14-7-6-9-16(11-14)20-17(21)12-15-8-4-5-10-19-15/h14-16,19H,4-13H2,1-3H3,(H,20,21). The fourth-order valence-corrected chi connectivity index (χ4v) is 4.08. The molecule has 0 bridgehead atoms. The molecule has 3 unspecified atom stereocenters. The Labute approximate surface area is 130 Å².